The standard InChI is InChI=1S/C11H16N4O2/c1-8-4-9(5-12)15-11(14-8)13-6-10(17-3)7-16-2/h4,10H,6-7H2,1-3H3,(H,13,14,15). The van der Waals surface area contributed by atoms with Crippen LogP contribution in [0.5, 0.6) is 0 Å². The molecule has 17 heavy (non-hydrogen) atoms. The molecule has 0 saturated heterocycles. The SMILES string of the molecule is COCC(CNc1nc(C)cc(C#N)n1)OC. The van der Waals surface area contributed by atoms with Gasteiger partial charge in [-0.25, -0.2) is 9.97 Å². The number of methoxy groups -OCH3 is 2. The van der Waals surface area contributed by atoms with E-state index in [1.165, 1.54) is 0 Å². The van der Waals surface area contributed by atoms with Crippen LogP contribution in [0.15, 0.2) is 6.07 Å². The highest BCUT2D eigenvalue weighted by atomic mass is 16.5. The normalized spacial score (nSPS) is 11.9. The van der Waals surface area contributed by atoms with Crippen molar-refractivity contribution in [3.05, 3.63) is 17.5 Å². The molecule has 6 nitrogen and oxygen atoms in total. The molecule has 1 rings (SSSR count). The molecule has 0 bridgehead atoms. The summed E-state index contributed by atoms with van der Waals surface area (Å²) < 4.78 is 10.2. The van der Waals surface area contributed by atoms with E-state index in [0.717, 1.165) is 5.69 Å². The molecule has 0 saturated carbocycles. The molecule has 92 valence electrons. The lowest BCUT2D eigenvalue weighted by Gasteiger charge is -2.15. The van der Waals surface area contributed by atoms with Crippen LogP contribution in [0.3, 0.4) is 0 Å². The number of hydrogen-bond donors (Lipinski definition) is 1. The van der Waals surface area contributed by atoms with Gasteiger partial charge in [0, 0.05) is 26.5 Å². The molecule has 0 fully saturated rings. The zero-order valence-electron chi connectivity index (χ0n) is 10.2. The smallest absolute Gasteiger partial charge is 0.224 e. The topological polar surface area (TPSA) is 80.1 Å². The van der Waals surface area contributed by atoms with Crippen LogP contribution in [0, 0.1) is 18.3 Å². The summed E-state index contributed by atoms with van der Waals surface area (Å²) in [7, 11) is 3.23. The molecular weight excluding hydrogens is 220 g/mol. The minimum absolute atomic E-state index is 0.0744. The minimum atomic E-state index is -0.0744. The van der Waals surface area contributed by atoms with Crippen LogP contribution in [0.1, 0.15) is 11.4 Å². The van der Waals surface area contributed by atoms with Crippen molar-refractivity contribution in [1.29, 1.82) is 5.26 Å². The maximum atomic E-state index is 8.78. The van der Waals surface area contributed by atoms with Gasteiger partial charge in [0.1, 0.15) is 11.8 Å². The second-order valence-corrected chi connectivity index (χ2v) is 3.52. The number of ether oxygens (including phenoxy) is 2. The van der Waals surface area contributed by atoms with Gasteiger partial charge in [0.25, 0.3) is 0 Å². The molecule has 1 atom stereocenters. The number of anilines is 1. The fourth-order valence-electron chi connectivity index (χ4n) is 1.31. The lowest BCUT2D eigenvalue weighted by atomic mass is 10.3. The fraction of sp³-hybridized carbons (Fsp3) is 0.545. The molecule has 6 heteroatoms. The molecule has 0 radical (unpaired) electrons. The Morgan fingerprint density at radius 1 is 1.47 bits per heavy atom. The zero-order chi connectivity index (χ0) is 12.7. The van der Waals surface area contributed by atoms with Crippen molar-refractivity contribution in [3.63, 3.8) is 0 Å². The molecule has 1 aromatic rings. The van der Waals surface area contributed by atoms with Gasteiger partial charge < -0.3 is 14.8 Å². The van der Waals surface area contributed by atoms with Gasteiger partial charge in [-0.15, -0.1) is 0 Å². The van der Waals surface area contributed by atoms with Crippen LogP contribution >= 0.6 is 0 Å². The second-order valence-electron chi connectivity index (χ2n) is 3.52. The second kappa shape index (κ2) is 6.78. The number of nitriles is 1. The van der Waals surface area contributed by atoms with E-state index in [1.807, 2.05) is 13.0 Å². The van der Waals surface area contributed by atoms with Gasteiger partial charge in [0.2, 0.25) is 5.95 Å². The quantitative estimate of drug-likeness (QED) is 0.784. The maximum Gasteiger partial charge on any atom is 0.224 e. The van der Waals surface area contributed by atoms with Crippen LogP contribution in [0.2, 0.25) is 0 Å². The Bertz CT molecular complexity index is 403. The highest BCUT2D eigenvalue weighted by Crippen LogP contribution is 2.04. The number of hydrogen-bond acceptors (Lipinski definition) is 6. The summed E-state index contributed by atoms with van der Waals surface area (Å²) in [6.07, 6.45) is -0.0744. The van der Waals surface area contributed by atoms with Crippen molar-refractivity contribution < 1.29 is 9.47 Å². The van der Waals surface area contributed by atoms with Crippen LogP contribution < -0.4 is 5.32 Å². The molecule has 0 aliphatic heterocycles. The first-order valence-electron chi connectivity index (χ1n) is 5.21. The largest absolute Gasteiger partial charge is 0.382 e. The number of aromatic nitrogens is 2. The summed E-state index contributed by atoms with van der Waals surface area (Å²) in [5, 5.41) is 11.8. The monoisotopic (exact) mass is 236 g/mol. The third kappa shape index (κ3) is 4.34. The van der Waals surface area contributed by atoms with E-state index in [4.69, 9.17) is 14.7 Å². The van der Waals surface area contributed by atoms with E-state index in [1.54, 1.807) is 20.3 Å². The van der Waals surface area contributed by atoms with Crippen LogP contribution in [0.4, 0.5) is 5.95 Å². The predicted molar refractivity (Wildman–Crippen MR) is 62.6 cm³/mol. The van der Waals surface area contributed by atoms with Crippen molar-refractivity contribution in [3.8, 4) is 6.07 Å². The highest BCUT2D eigenvalue weighted by Gasteiger charge is 2.08. The predicted octanol–water partition coefficient (Wildman–Crippen LogP) is 0.730. The Morgan fingerprint density at radius 3 is 2.82 bits per heavy atom. The van der Waals surface area contributed by atoms with Gasteiger partial charge in [-0.1, -0.05) is 0 Å². The summed E-state index contributed by atoms with van der Waals surface area (Å²) in [6, 6.07) is 3.62. The van der Waals surface area contributed by atoms with Crippen LogP contribution in [0.25, 0.3) is 0 Å². The molecule has 0 aliphatic carbocycles. The van der Waals surface area contributed by atoms with Gasteiger partial charge >= 0.3 is 0 Å². The summed E-state index contributed by atoms with van der Waals surface area (Å²) in [6.45, 7) is 2.83. The molecule has 1 heterocycles. The van der Waals surface area contributed by atoms with Gasteiger partial charge in [-0.2, -0.15) is 5.26 Å². The van der Waals surface area contributed by atoms with E-state index in [9.17, 15) is 0 Å². The molecule has 0 aliphatic rings. The first-order valence-corrected chi connectivity index (χ1v) is 5.21. The van der Waals surface area contributed by atoms with Crippen molar-refractivity contribution in [1.82, 2.24) is 9.97 Å². The average molecular weight is 236 g/mol. The molecule has 1 aromatic heterocycles. The Balaban J connectivity index is 2.62. The van der Waals surface area contributed by atoms with Gasteiger partial charge in [-0.05, 0) is 13.0 Å². The van der Waals surface area contributed by atoms with E-state index < -0.39 is 0 Å². The van der Waals surface area contributed by atoms with Gasteiger partial charge in [0.15, 0.2) is 0 Å². The van der Waals surface area contributed by atoms with Crippen LogP contribution in [-0.4, -0.2) is 43.4 Å². The van der Waals surface area contributed by atoms with E-state index in [-0.39, 0.29) is 6.10 Å². The Hall–Kier alpha value is -1.71. The van der Waals surface area contributed by atoms with E-state index >= 15 is 0 Å². The Morgan fingerprint density at radius 2 is 2.24 bits per heavy atom. The Labute approximate surface area is 101 Å². The molecular formula is C11H16N4O2. The van der Waals surface area contributed by atoms with Crippen LogP contribution in [-0.2, 0) is 9.47 Å². The first-order chi connectivity index (χ1) is 8.19. The van der Waals surface area contributed by atoms with Gasteiger partial charge in [0.05, 0.1) is 12.7 Å². The average Bonchev–Trinajstić information content (AvgIpc) is 2.33. The zero-order valence-corrected chi connectivity index (χ0v) is 10.2. The summed E-state index contributed by atoms with van der Waals surface area (Å²) in [4.78, 5) is 8.22. The van der Waals surface area contributed by atoms with Crippen molar-refractivity contribution >= 4 is 5.95 Å². The molecule has 1 N–H and O–H groups in total. The number of nitrogens with zero attached hydrogens (tertiary/aromatic N) is 3. The highest BCUT2D eigenvalue weighted by molar-refractivity contribution is 5.32. The van der Waals surface area contributed by atoms with Crippen molar-refractivity contribution in [2.24, 2.45) is 0 Å². The third-order valence-corrected chi connectivity index (χ3v) is 2.14. The van der Waals surface area contributed by atoms with E-state index in [2.05, 4.69) is 15.3 Å². The lowest BCUT2D eigenvalue weighted by molar-refractivity contribution is 0.0365. The number of nitrogens with one attached hydrogen (secondary N) is 1. The van der Waals surface area contributed by atoms with E-state index in [0.29, 0.717) is 24.8 Å². The first kappa shape index (κ1) is 13.4. The maximum absolute atomic E-state index is 8.78. The lowest BCUT2D eigenvalue weighted by Crippen LogP contribution is -2.27. The summed E-state index contributed by atoms with van der Waals surface area (Å²) in [5.74, 6) is 0.430. The number of rotatable bonds is 6. The summed E-state index contributed by atoms with van der Waals surface area (Å²) >= 11 is 0. The third-order valence-electron chi connectivity index (χ3n) is 2.14. The molecule has 1 unspecified atom stereocenters. The van der Waals surface area contributed by atoms with Crippen molar-refractivity contribution in [2.45, 2.75) is 13.0 Å². The Kier molecular flexibility index (Phi) is 5.33. The minimum Gasteiger partial charge on any atom is -0.382 e. The number of aryl methyl sites for hydroxylation is 1. The fourth-order valence-corrected chi connectivity index (χ4v) is 1.31. The van der Waals surface area contributed by atoms with Gasteiger partial charge in [-0.3, -0.25) is 0 Å². The summed E-state index contributed by atoms with van der Waals surface area (Å²) in [5.41, 5.74) is 1.10. The molecule has 0 spiro atoms. The molecule has 0 amide bonds. The molecule has 0 aromatic carbocycles. The van der Waals surface area contributed by atoms with Crippen molar-refractivity contribution in [2.75, 3.05) is 32.7 Å².